The molecule has 4 heteroatoms. The van der Waals surface area contributed by atoms with E-state index in [9.17, 15) is 15.0 Å². The normalized spacial score (nSPS) is 17.2. The van der Waals surface area contributed by atoms with Crippen LogP contribution in [0.2, 0.25) is 0 Å². The molecule has 1 amide bonds. The lowest BCUT2D eigenvalue weighted by atomic mass is 9.75. The predicted octanol–water partition coefficient (Wildman–Crippen LogP) is 3.00. The molecular formula is C16H23NO3. The summed E-state index contributed by atoms with van der Waals surface area (Å²) in [5.74, 6) is 0.272. The minimum absolute atomic E-state index is 0.0366. The van der Waals surface area contributed by atoms with E-state index in [1.807, 2.05) is 0 Å². The van der Waals surface area contributed by atoms with E-state index in [2.05, 4.69) is 20.8 Å². The Kier molecular flexibility index (Phi) is 3.93. The molecule has 0 bridgehead atoms. The van der Waals surface area contributed by atoms with Crippen molar-refractivity contribution in [2.75, 3.05) is 13.1 Å². The largest absolute Gasteiger partial charge is 0.508 e. The number of phenols is 2. The fraction of sp³-hybridized carbons (Fsp3) is 0.562. The summed E-state index contributed by atoms with van der Waals surface area (Å²) in [6.07, 6.45) is 1.99. The molecule has 0 aromatic heterocycles. The number of hydrogen-bond acceptors (Lipinski definition) is 3. The fourth-order valence-corrected chi connectivity index (χ4v) is 2.82. The minimum atomic E-state index is -0.159. The van der Waals surface area contributed by atoms with Gasteiger partial charge in [-0.05, 0) is 36.3 Å². The zero-order valence-electron chi connectivity index (χ0n) is 12.4. The maximum Gasteiger partial charge on any atom is 0.257 e. The molecule has 0 unspecified atom stereocenters. The standard InChI is InChI=1S/C16H23NO3/c1-16(2,3)11-6-8-17(9-7-11)15(20)13-5-4-12(18)10-14(13)19/h4-5,10-11,18-19H,6-9H2,1-3H3. The molecule has 1 saturated heterocycles. The van der Waals surface area contributed by atoms with Crippen molar-refractivity contribution in [3.05, 3.63) is 23.8 Å². The minimum Gasteiger partial charge on any atom is -0.508 e. The topological polar surface area (TPSA) is 60.8 Å². The van der Waals surface area contributed by atoms with E-state index < -0.39 is 0 Å². The molecule has 1 aliphatic rings. The Balaban J connectivity index is 2.05. The molecule has 0 atom stereocenters. The van der Waals surface area contributed by atoms with Crippen LogP contribution >= 0.6 is 0 Å². The number of carbonyl (C=O) groups is 1. The quantitative estimate of drug-likeness (QED) is 0.829. The second kappa shape index (κ2) is 5.35. The van der Waals surface area contributed by atoms with Crippen LogP contribution in [0.1, 0.15) is 44.0 Å². The van der Waals surface area contributed by atoms with Crippen molar-refractivity contribution in [1.29, 1.82) is 0 Å². The van der Waals surface area contributed by atoms with Crippen molar-refractivity contribution in [1.82, 2.24) is 4.90 Å². The van der Waals surface area contributed by atoms with Gasteiger partial charge in [0, 0.05) is 19.2 Å². The average Bonchev–Trinajstić information content (AvgIpc) is 2.37. The van der Waals surface area contributed by atoms with Gasteiger partial charge in [0.2, 0.25) is 0 Å². The second-order valence-electron chi connectivity index (χ2n) is 6.63. The Bertz CT molecular complexity index is 497. The van der Waals surface area contributed by atoms with Gasteiger partial charge in [0.25, 0.3) is 5.91 Å². The van der Waals surface area contributed by atoms with Crippen LogP contribution in [-0.4, -0.2) is 34.1 Å². The third-order valence-electron chi connectivity index (χ3n) is 4.22. The van der Waals surface area contributed by atoms with Gasteiger partial charge < -0.3 is 15.1 Å². The summed E-state index contributed by atoms with van der Waals surface area (Å²) < 4.78 is 0. The van der Waals surface area contributed by atoms with Crippen molar-refractivity contribution in [2.24, 2.45) is 11.3 Å². The number of likely N-dealkylation sites (tertiary alicyclic amines) is 1. The van der Waals surface area contributed by atoms with Gasteiger partial charge >= 0.3 is 0 Å². The summed E-state index contributed by atoms with van der Waals surface area (Å²) in [6.45, 7) is 8.16. The Morgan fingerprint density at radius 1 is 1.20 bits per heavy atom. The first kappa shape index (κ1) is 14.7. The van der Waals surface area contributed by atoms with Crippen LogP contribution in [0.5, 0.6) is 11.5 Å². The van der Waals surface area contributed by atoms with Crippen LogP contribution in [0.25, 0.3) is 0 Å². The van der Waals surface area contributed by atoms with Gasteiger partial charge in [-0.25, -0.2) is 0 Å². The SMILES string of the molecule is CC(C)(C)C1CCN(C(=O)c2ccc(O)cc2O)CC1. The molecule has 2 rings (SSSR count). The summed E-state index contributed by atoms with van der Waals surface area (Å²) in [5, 5.41) is 19.0. The number of aromatic hydroxyl groups is 2. The van der Waals surface area contributed by atoms with E-state index in [-0.39, 0.29) is 28.4 Å². The van der Waals surface area contributed by atoms with Crippen LogP contribution in [0, 0.1) is 11.3 Å². The number of piperidine rings is 1. The number of nitrogens with zero attached hydrogens (tertiary/aromatic N) is 1. The Morgan fingerprint density at radius 2 is 1.80 bits per heavy atom. The van der Waals surface area contributed by atoms with Crippen LogP contribution in [0.3, 0.4) is 0 Å². The third kappa shape index (κ3) is 3.06. The number of hydrogen-bond donors (Lipinski definition) is 2. The smallest absolute Gasteiger partial charge is 0.257 e. The molecule has 1 aromatic rings. The van der Waals surface area contributed by atoms with E-state index in [0.717, 1.165) is 25.9 Å². The monoisotopic (exact) mass is 277 g/mol. The molecule has 0 saturated carbocycles. The number of carbonyl (C=O) groups excluding carboxylic acids is 1. The highest BCUT2D eigenvalue weighted by Crippen LogP contribution is 2.35. The van der Waals surface area contributed by atoms with Crippen molar-refractivity contribution < 1.29 is 15.0 Å². The molecule has 0 radical (unpaired) electrons. The zero-order chi connectivity index (χ0) is 14.9. The summed E-state index contributed by atoms with van der Waals surface area (Å²) in [6, 6.07) is 4.10. The van der Waals surface area contributed by atoms with E-state index in [4.69, 9.17) is 0 Å². The van der Waals surface area contributed by atoms with E-state index in [1.54, 1.807) is 4.90 Å². The summed E-state index contributed by atoms with van der Waals surface area (Å²) in [5.41, 5.74) is 0.535. The van der Waals surface area contributed by atoms with Crippen LogP contribution in [0.4, 0.5) is 0 Å². The first-order valence-electron chi connectivity index (χ1n) is 7.10. The van der Waals surface area contributed by atoms with Gasteiger partial charge in [0.05, 0.1) is 5.56 Å². The molecule has 20 heavy (non-hydrogen) atoms. The average molecular weight is 277 g/mol. The Hall–Kier alpha value is -1.71. The van der Waals surface area contributed by atoms with Gasteiger partial charge in [-0.15, -0.1) is 0 Å². The van der Waals surface area contributed by atoms with Gasteiger partial charge in [-0.3, -0.25) is 4.79 Å². The van der Waals surface area contributed by atoms with Crippen LogP contribution in [0.15, 0.2) is 18.2 Å². The van der Waals surface area contributed by atoms with Gasteiger partial charge in [-0.1, -0.05) is 20.8 Å². The molecule has 4 nitrogen and oxygen atoms in total. The highest BCUT2D eigenvalue weighted by atomic mass is 16.3. The van der Waals surface area contributed by atoms with E-state index >= 15 is 0 Å². The van der Waals surface area contributed by atoms with Crippen LogP contribution in [-0.2, 0) is 0 Å². The molecule has 110 valence electrons. The molecule has 1 aromatic carbocycles. The summed E-state index contributed by atoms with van der Waals surface area (Å²) in [4.78, 5) is 14.2. The van der Waals surface area contributed by atoms with Crippen molar-refractivity contribution >= 4 is 5.91 Å². The number of benzene rings is 1. The maximum absolute atomic E-state index is 12.4. The zero-order valence-corrected chi connectivity index (χ0v) is 12.4. The van der Waals surface area contributed by atoms with Crippen LogP contribution < -0.4 is 0 Å². The fourth-order valence-electron chi connectivity index (χ4n) is 2.82. The van der Waals surface area contributed by atoms with Gasteiger partial charge in [-0.2, -0.15) is 0 Å². The molecule has 0 spiro atoms. The first-order chi connectivity index (χ1) is 9.29. The van der Waals surface area contributed by atoms with Crippen molar-refractivity contribution in [2.45, 2.75) is 33.6 Å². The highest BCUT2D eigenvalue weighted by molar-refractivity contribution is 5.97. The Labute approximate surface area is 120 Å². The lowest BCUT2D eigenvalue weighted by molar-refractivity contribution is 0.0606. The number of phenolic OH excluding ortho intramolecular Hbond substituents is 2. The molecule has 2 N–H and O–H groups in total. The maximum atomic E-state index is 12.4. The lowest BCUT2D eigenvalue weighted by Gasteiger charge is -2.38. The van der Waals surface area contributed by atoms with E-state index in [0.29, 0.717) is 5.92 Å². The van der Waals surface area contributed by atoms with E-state index in [1.165, 1.54) is 18.2 Å². The summed E-state index contributed by atoms with van der Waals surface area (Å²) >= 11 is 0. The molecule has 1 fully saturated rings. The predicted molar refractivity (Wildman–Crippen MR) is 77.9 cm³/mol. The van der Waals surface area contributed by atoms with Crippen molar-refractivity contribution in [3.8, 4) is 11.5 Å². The third-order valence-corrected chi connectivity index (χ3v) is 4.22. The summed E-state index contributed by atoms with van der Waals surface area (Å²) in [7, 11) is 0. The highest BCUT2D eigenvalue weighted by Gasteiger charge is 2.31. The van der Waals surface area contributed by atoms with Gasteiger partial charge in [0.1, 0.15) is 11.5 Å². The number of amides is 1. The second-order valence-corrected chi connectivity index (χ2v) is 6.63. The lowest BCUT2D eigenvalue weighted by Crippen LogP contribution is -2.41. The molecular weight excluding hydrogens is 254 g/mol. The molecule has 0 aliphatic carbocycles. The molecule has 1 heterocycles. The first-order valence-corrected chi connectivity index (χ1v) is 7.10. The Morgan fingerprint density at radius 3 is 2.30 bits per heavy atom. The van der Waals surface area contributed by atoms with Gasteiger partial charge in [0.15, 0.2) is 0 Å². The molecule has 1 aliphatic heterocycles. The van der Waals surface area contributed by atoms with Crippen molar-refractivity contribution in [3.63, 3.8) is 0 Å². The number of rotatable bonds is 1.